The molecule has 0 aliphatic carbocycles. The SMILES string of the molecule is COc1cccc(/C=C/C(=O)Nc2cccc(C3SCCCS3)c2)c1. The van der Waals surface area contributed by atoms with E-state index in [1.165, 1.54) is 23.5 Å². The van der Waals surface area contributed by atoms with Gasteiger partial charge in [0.05, 0.1) is 11.7 Å². The van der Waals surface area contributed by atoms with Gasteiger partial charge in [0.2, 0.25) is 5.91 Å². The molecule has 0 bridgehead atoms. The Hall–Kier alpha value is -1.85. The molecule has 3 nitrogen and oxygen atoms in total. The van der Waals surface area contributed by atoms with Gasteiger partial charge in [-0.1, -0.05) is 24.3 Å². The topological polar surface area (TPSA) is 38.3 Å². The van der Waals surface area contributed by atoms with Crippen LogP contribution in [0, 0.1) is 0 Å². The second-order valence-electron chi connectivity index (χ2n) is 5.65. The molecular weight excluding hydrogens is 350 g/mol. The maximum absolute atomic E-state index is 12.2. The lowest BCUT2D eigenvalue weighted by molar-refractivity contribution is -0.111. The number of benzene rings is 2. The average molecular weight is 372 g/mol. The van der Waals surface area contributed by atoms with Crippen molar-refractivity contribution in [3.63, 3.8) is 0 Å². The molecule has 2 aromatic rings. The van der Waals surface area contributed by atoms with E-state index in [2.05, 4.69) is 17.4 Å². The van der Waals surface area contributed by atoms with Crippen LogP contribution in [0.2, 0.25) is 0 Å². The molecule has 1 N–H and O–H groups in total. The minimum atomic E-state index is -0.135. The molecule has 0 aromatic heterocycles. The van der Waals surface area contributed by atoms with E-state index in [1.54, 1.807) is 19.3 Å². The van der Waals surface area contributed by atoms with E-state index in [-0.39, 0.29) is 5.91 Å². The molecule has 1 aliphatic rings. The van der Waals surface area contributed by atoms with Crippen molar-refractivity contribution >= 4 is 41.2 Å². The second-order valence-corrected chi connectivity index (χ2v) is 8.38. The average Bonchev–Trinajstić information content (AvgIpc) is 2.67. The van der Waals surface area contributed by atoms with Gasteiger partial charge in [0, 0.05) is 11.8 Å². The van der Waals surface area contributed by atoms with Crippen LogP contribution >= 0.6 is 23.5 Å². The van der Waals surface area contributed by atoms with Crippen molar-refractivity contribution in [2.24, 2.45) is 0 Å². The summed E-state index contributed by atoms with van der Waals surface area (Å²) in [7, 11) is 1.63. The molecule has 1 aliphatic heterocycles. The molecule has 130 valence electrons. The Balaban J connectivity index is 1.63. The lowest BCUT2D eigenvalue weighted by Crippen LogP contribution is -2.08. The number of carbonyl (C=O) groups is 1. The molecule has 0 atom stereocenters. The van der Waals surface area contributed by atoms with E-state index in [1.807, 2.05) is 59.9 Å². The van der Waals surface area contributed by atoms with E-state index in [0.29, 0.717) is 4.58 Å². The number of thioether (sulfide) groups is 2. The number of amides is 1. The molecule has 1 saturated heterocycles. The van der Waals surface area contributed by atoms with Gasteiger partial charge in [-0.2, -0.15) is 0 Å². The summed E-state index contributed by atoms with van der Waals surface area (Å²) in [4.78, 5) is 12.2. The molecule has 0 radical (unpaired) electrons. The first-order valence-electron chi connectivity index (χ1n) is 8.21. The van der Waals surface area contributed by atoms with Crippen molar-refractivity contribution in [2.45, 2.75) is 11.0 Å². The summed E-state index contributed by atoms with van der Waals surface area (Å²) >= 11 is 3.96. The van der Waals surface area contributed by atoms with Gasteiger partial charge in [-0.3, -0.25) is 4.79 Å². The number of hydrogen-bond donors (Lipinski definition) is 1. The number of carbonyl (C=O) groups excluding carboxylic acids is 1. The fourth-order valence-corrected chi connectivity index (χ4v) is 5.42. The first-order valence-corrected chi connectivity index (χ1v) is 10.3. The van der Waals surface area contributed by atoms with E-state index < -0.39 is 0 Å². The Bertz CT molecular complexity index is 755. The van der Waals surface area contributed by atoms with Crippen molar-refractivity contribution in [1.29, 1.82) is 0 Å². The lowest BCUT2D eigenvalue weighted by Gasteiger charge is -2.21. The first kappa shape index (κ1) is 18.0. The zero-order valence-electron chi connectivity index (χ0n) is 14.1. The van der Waals surface area contributed by atoms with Crippen LogP contribution in [0.1, 0.15) is 22.1 Å². The first-order chi connectivity index (χ1) is 12.2. The zero-order chi connectivity index (χ0) is 17.5. The van der Waals surface area contributed by atoms with Gasteiger partial charge in [0.15, 0.2) is 0 Å². The van der Waals surface area contributed by atoms with E-state index >= 15 is 0 Å². The van der Waals surface area contributed by atoms with Gasteiger partial charge in [0.1, 0.15) is 5.75 Å². The van der Waals surface area contributed by atoms with E-state index in [4.69, 9.17) is 4.74 Å². The predicted molar refractivity (Wildman–Crippen MR) is 109 cm³/mol. The third-order valence-corrected chi connectivity index (χ3v) is 6.79. The van der Waals surface area contributed by atoms with E-state index in [9.17, 15) is 4.79 Å². The molecule has 0 spiro atoms. The molecule has 1 heterocycles. The van der Waals surface area contributed by atoms with Crippen LogP contribution < -0.4 is 10.1 Å². The van der Waals surface area contributed by atoms with Crippen molar-refractivity contribution in [3.8, 4) is 5.75 Å². The molecule has 0 saturated carbocycles. The molecule has 1 amide bonds. The normalized spacial score (nSPS) is 15.2. The summed E-state index contributed by atoms with van der Waals surface area (Å²) in [5.41, 5.74) is 3.03. The molecule has 3 rings (SSSR count). The Kier molecular flexibility index (Phi) is 6.48. The fourth-order valence-electron chi connectivity index (χ4n) is 2.54. The Morgan fingerprint density at radius 2 is 1.96 bits per heavy atom. The zero-order valence-corrected chi connectivity index (χ0v) is 15.7. The van der Waals surface area contributed by atoms with E-state index in [0.717, 1.165) is 17.0 Å². The lowest BCUT2D eigenvalue weighted by atomic mass is 10.2. The maximum atomic E-state index is 12.2. The number of hydrogen-bond acceptors (Lipinski definition) is 4. The van der Waals surface area contributed by atoms with Gasteiger partial charge >= 0.3 is 0 Å². The van der Waals surface area contributed by atoms with Crippen LogP contribution in [0.15, 0.2) is 54.6 Å². The molecular formula is C20H21NO2S2. The third kappa shape index (κ3) is 5.31. The Labute approximate surface area is 157 Å². The van der Waals surface area contributed by atoms with Crippen LogP contribution in [0.5, 0.6) is 5.75 Å². The molecule has 2 aromatic carbocycles. The van der Waals surface area contributed by atoms with Crippen LogP contribution in [0.25, 0.3) is 6.08 Å². The number of rotatable bonds is 5. The number of ether oxygens (including phenoxy) is 1. The highest BCUT2D eigenvalue weighted by atomic mass is 32.2. The van der Waals surface area contributed by atoms with Crippen LogP contribution in [-0.4, -0.2) is 24.5 Å². The van der Waals surface area contributed by atoms with Gasteiger partial charge < -0.3 is 10.1 Å². The highest BCUT2D eigenvalue weighted by Gasteiger charge is 2.16. The summed E-state index contributed by atoms with van der Waals surface area (Å²) in [5.74, 6) is 3.05. The molecule has 1 fully saturated rings. The summed E-state index contributed by atoms with van der Waals surface area (Å²) in [6.45, 7) is 0. The Morgan fingerprint density at radius 1 is 1.16 bits per heavy atom. The summed E-state index contributed by atoms with van der Waals surface area (Å²) in [6.07, 6.45) is 4.61. The third-order valence-electron chi connectivity index (χ3n) is 3.77. The highest BCUT2D eigenvalue weighted by Crippen LogP contribution is 2.44. The monoisotopic (exact) mass is 371 g/mol. The van der Waals surface area contributed by atoms with Crippen molar-refractivity contribution in [1.82, 2.24) is 0 Å². The van der Waals surface area contributed by atoms with Crippen molar-refractivity contribution in [2.75, 3.05) is 23.9 Å². The number of methoxy groups -OCH3 is 1. The van der Waals surface area contributed by atoms with Gasteiger partial charge in [0.25, 0.3) is 0 Å². The highest BCUT2D eigenvalue weighted by molar-refractivity contribution is 8.16. The maximum Gasteiger partial charge on any atom is 0.248 e. The predicted octanol–water partition coefficient (Wildman–Crippen LogP) is 5.22. The molecule has 5 heteroatoms. The number of nitrogens with one attached hydrogen (secondary N) is 1. The smallest absolute Gasteiger partial charge is 0.248 e. The second kappa shape index (κ2) is 9.02. The van der Waals surface area contributed by atoms with Crippen LogP contribution in [-0.2, 0) is 4.79 Å². The van der Waals surface area contributed by atoms with Crippen LogP contribution in [0.3, 0.4) is 0 Å². The summed E-state index contributed by atoms with van der Waals surface area (Å²) in [5, 5.41) is 2.94. The summed E-state index contributed by atoms with van der Waals surface area (Å²) in [6, 6.07) is 15.8. The summed E-state index contributed by atoms with van der Waals surface area (Å²) < 4.78 is 5.66. The number of anilines is 1. The molecule has 25 heavy (non-hydrogen) atoms. The largest absolute Gasteiger partial charge is 0.497 e. The fraction of sp³-hybridized carbons (Fsp3) is 0.250. The minimum Gasteiger partial charge on any atom is -0.497 e. The van der Waals surface area contributed by atoms with Crippen molar-refractivity contribution < 1.29 is 9.53 Å². The Morgan fingerprint density at radius 3 is 2.76 bits per heavy atom. The van der Waals surface area contributed by atoms with Gasteiger partial charge in [-0.15, -0.1) is 23.5 Å². The quantitative estimate of drug-likeness (QED) is 0.732. The molecule has 0 unspecified atom stereocenters. The van der Waals surface area contributed by atoms with Gasteiger partial charge in [-0.25, -0.2) is 0 Å². The van der Waals surface area contributed by atoms with Crippen LogP contribution in [0.4, 0.5) is 5.69 Å². The van der Waals surface area contributed by atoms with Gasteiger partial charge in [-0.05, 0) is 59.4 Å². The minimum absolute atomic E-state index is 0.135. The van der Waals surface area contributed by atoms with Crippen molar-refractivity contribution in [3.05, 3.63) is 65.7 Å². The standard InChI is InChI=1S/C20H21NO2S2/c1-23-18-8-2-5-15(13-18)9-10-19(22)21-17-7-3-6-16(14-17)20-24-11-4-12-25-20/h2-3,5-10,13-14,20H,4,11-12H2,1H3,(H,21,22)/b10-9+.